The van der Waals surface area contributed by atoms with E-state index in [0.717, 1.165) is 5.56 Å². The van der Waals surface area contributed by atoms with Gasteiger partial charge in [0.1, 0.15) is 12.1 Å². The summed E-state index contributed by atoms with van der Waals surface area (Å²) >= 11 is 0. The average molecular weight is 439 g/mol. The van der Waals surface area contributed by atoms with Crippen molar-refractivity contribution in [1.29, 1.82) is 0 Å². The van der Waals surface area contributed by atoms with Gasteiger partial charge < -0.3 is 31.3 Å². The Morgan fingerprint density at radius 3 is 2.13 bits per heavy atom. The Balaban J connectivity index is 2.42. The molecule has 1 heterocycles. The van der Waals surface area contributed by atoms with Gasteiger partial charge in [0.2, 0.25) is 0 Å². The van der Waals surface area contributed by atoms with Crippen LogP contribution in [0.25, 0.3) is 0 Å². The third-order valence-corrected chi connectivity index (χ3v) is 4.08. The van der Waals surface area contributed by atoms with Crippen molar-refractivity contribution in [1.82, 2.24) is 26.1 Å². The van der Waals surface area contributed by atoms with Crippen molar-refractivity contribution in [2.45, 2.75) is 51.1 Å². The van der Waals surface area contributed by atoms with Gasteiger partial charge in [0, 0.05) is 13.0 Å². The van der Waals surface area contributed by atoms with Crippen LogP contribution in [0.2, 0.25) is 0 Å². The second kappa shape index (κ2) is 12.7. The number of unbranched alkanes of at least 4 members (excludes halogenated alkanes) is 1. The van der Waals surface area contributed by atoms with Crippen molar-refractivity contribution in [3.8, 4) is 0 Å². The van der Waals surface area contributed by atoms with Gasteiger partial charge in [-0.25, -0.2) is 14.4 Å². The van der Waals surface area contributed by atoms with Crippen molar-refractivity contribution in [3.05, 3.63) is 23.5 Å². The minimum absolute atomic E-state index is 0.0374. The van der Waals surface area contributed by atoms with Gasteiger partial charge in [0.15, 0.2) is 5.69 Å². The summed E-state index contributed by atoms with van der Waals surface area (Å²) in [4.78, 5) is 56.8. The number of nitrogens with one attached hydrogen (secondary N) is 3. The van der Waals surface area contributed by atoms with Gasteiger partial charge in [0.25, 0.3) is 5.91 Å². The van der Waals surface area contributed by atoms with Crippen molar-refractivity contribution >= 4 is 29.8 Å². The van der Waals surface area contributed by atoms with Crippen LogP contribution in [0, 0.1) is 6.92 Å². The molecule has 0 radical (unpaired) electrons. The van der Waals surface area contributed by atoms with Gasteiger partial charge in [-0.1, -0.05) is 0 Å². The quantitative estimate of drug-likeness (QED) is 0.222. The Labute approximate surface area is 177 Å². The van der Waals surface area contributed by atoms with E-state index in [0.29, 0.717) is 12.8 Å². The van der Waals surface area contributed by atoms with Crippen LogP contribution in [-0.2, 0) is 14.4 Å². The van der Waals surface area contributed by atoms with Gasteiger partial charge in [0.05, 0.1) is 6.20 Å². The van der Waals surface area contributed by atoms with Gasteiger partial charge in [-0.05, 0) is 44.2 Å². The first-order chi connectivity index (χ1) is 14.6. The van der Waals surface area contributed by atoms with Crippen molar-refractivity contribution in [3.63, 3.8) is 0 Å². The third kappa shape index (κ3) is 10.0. The summed E-state index contributed by atoms with van der Waals surface area (Å²) in [5, 5.41) is 41.1. The predicted octanol–water partition coefficient (Wildman–Crippen LogP) is -0.244. The van der Waals surface area contributed by atoms with E-state index < -0.39 is 48.4 Å². The summed E-state index contributed by atoms with van der Waals surface area (Å²) in [5.74, 6) is -4.38. The number of amides is 3. The summed E-state index contributed by atoms with van der Waals surface area (Å²) in [5.41, 5.74) is 0.944. The average Bonchev–Trinajstić information content (AvgIpc) is 2.69. The Kier molecular flexibility index (Phi) is 10.4. The molecule has 2 atom stereocenters. The maximum Gasteiger partial charge on any atom is 0.326 e. The molecular formula is C18H25N5O8. The highest BCUT2D eigenvalue weighted by molar-refractivity contribution is 5.92. The molecule has 1 rings (SSSR count). The number of hydrogen-bond donors (Lipinski definition) is 6. The zero-order valence-corrected chi connectivity index (χ0v) is 16.8. The van der Waals surface area contributed by atoms with E-state index in [4.69, 9.17) is 10.2 Å². The molecule has 0 spiro atoms. The number of aromatic nitrogens is 2. The second-order valence-corrected chi connectivity index (χ2v) is 6.70. The number of carbonyl (C=O) groups is 5. The largest absolute Gasteiger partial charge is 0.481 e. The highest BCUT2D eigenvalue weighted by atomic mass is 16.4. The molecule has 3 amide bonds. The van der Waals surface area contributed by atoms with Crippen molar-refractivity contribution < 1.29 is 39.3 Å². The van der Waals surface area contributed by atoms with E-state index in [1.807, 2.05) is 0 Å². The molecule has 0 aromatic carbocycles. The number of carbonyl (C=O) groups excluding carboxylic acids is 2. The Morgan fingerprint density at radius 2 is 1.58 bits per heavy atom. The third-order valence-electron chi connectivity index (χ3n) is 4.08. The van der Waals surface area contributed by atoms with Crippen molar-refractivity contribution in [2.24, 2.45) is 0 Å². The first kappa shape index (κ1) is 25.3. The van der Waals surface area contributed by atoms with Crippen molar-refractivity contribution in [2.75, 3.05) is 6.54 Å². The lowest BCUT2D eigenvalue weighted by atomic mass is 10.1. The van der Waals surface area contributed by atoms with Crippen LogP contribution in [0.4, 0.5) is 4.79 Å². The molecule has 1 aromatic rings. The van der Waals surface area contributed by atoms with E-state index in [1.54, 1.807) is 13.0 Å². The van der Waals surface area contributed by atoms with Crippen LogP contribution in [0.5, 0.6) is 0 Å². The minimum Gasteiger partial charge on any atom is -0.481 e. The van der Waals surface area contributed by atoms with Crippen LogP contribution >= 0.6 is 0 Å². The second-order valence-electron chi connectivity index (χ2n) is 6.70. The molecule has 0 aliphatic heterocycles. The number of carboxylic acid groups (broad SMARTS) is 3. The summed E-state index contributed by atoms with van der Waals surface area (Å²) in [6.45, 7) is 2.02. The van der Waals surface area contributed by atoms with Gasteiger partial charge in [-0.15, -0.1) is 5.10 Å². The highest BCUT2D eigenvalue weighted by Crippen LogP contribution is 2.03. The molecule has 0 saturated carbocycles. The molecule has 0 fully saturated rings. The lowest BCUT2D eigenvalue weighted by Gasteiger charge is -2.18. The van der Waals surface area contributed by atoms with Gasteiger partial charge in [-0.2, -0.15) is 5.10 Å². The lowest BCUT2D eigenvalue weighted by molar-refractivity contribution is -0.140. The molecule has 6 N–H and O–H groups in total. The Bertz CT molecular complexity index is 816. The van der Waals surface area contributed by atoms with E-state index in [9.17, 15) is 29.1 Å². The summed E-state index contributed by atoms with van der Waals surface area (Å²) in [6.07, 6.45) is 1.50. The summed E-state index contributed by atoms with van der Waals surface area (Å²) in [7, 11) is 0. The fourth-order valence-corrected chi connectivity index (χ4v) is 2.48. The number of nitrogens with zero attached hydrogens (tertiary/aromatic N) is 2. The van der Waals surface area contributed by atoms with Gasteiger partial charge >= 0.3 is 23.9 Å². The zero-order chi connectivity index (χ0) is 23.4. The predicted molar refractivity (Wildman–Crippen MR) is 104 cm³/mol. The minimum atomic E-state index is -1.47. The van der Waals surface area contributed by atoms with Crippen LogP contribution in [0.1, 0.15) is 48.2 Å². The number of hydrogen-bond acceptors (Lipinski definition) is 7. The van der Waals surface area contributed by atoms with Gasteiger partial charge in [-0.3, -0.25) is 9.59 Å². The van der Waals surface area contributed by atoms with E-state index in [2.05, 4.69) is 26.1 Å². The number of aliphatic carboxylic acids is 3. The topological polar surface area (TPSA) is 208 Å². The molecule has 1 aromatic heterocycles. The number of carboxylic acids is 3. The van der Waals surface area contributed by atoms with Crippen LogP contribution < -0.4 is 16.0 Å². The van der Waals surface area contributed by atoms with Crippen LogP contribution in [0.15, 0.2) is 12.3 Å². The first-order valence-electron chi connectivity index (χ1n) is 9.42. The molecule has 170 valence electrons. The molecule has 0 saturated heterocycles. The fourth-order valence-electron chi connectivity index (χ4n) is 2.48. The summed E-state index contributed by atoms with van der Waals surface area (Å²) in [6, 6.07) is -2.21. The molecule has 0 aliphatic rings. The maximum atomic E-state index is 11.9. The highest BCUT2D eigenvalue weighted by Gasteiger charge is 2.24. The standard InChI is InChI=1S/C18H25N5O8/c1-10-8-13(23-20-9-10)15(26)19-7-3-2-4-11(16(27)28)21-18(31)22-12(17(29)30)5-6-14(24)25/h8-9,11-12H,2-7H2,1H3,(H,19,26)(H,24,25)(H,27,28)(H,29,30)(H2,21,22,31)/t11-,12-/m0/s1. The molecule has 0 aliphatic carbocycles. The van der Waals surface area contributed by atoms with E-state index in [-0.39, 0.29) is 25.1 Å². The maximum absolute atomic E-state index is 11.9. The fraction of sp³-hybridized carbons (Fsp3) is 0.500. The van der Waals surface area contributed by atoms with Crippen LogP contribution in [0.3, 0.4) is 0 Å². The molecule has 13 heteroatoms. The molecule has 31 heavy (non-hydrogen) atoms. The lowest BCUT2D eigenvalue weighted by Crippen LogP contribution is -2.51. The summed E-state index contributed by atoms with van der Waals surface area (Å²) < 4.78 is 0. The Morgan fingerprint density at radius 1 is 0.968 bits per heavy atom. The van der Waals surface area contributed by atoms with E-state index in [1.165, 1.54) is 6.20 Å². The zero-order valence-electron chi connectivity index (χ0n) is 16.8. The smallest absolute Gasteiger partial charge is 0.326 e. The molecule has 13 nitrogen and oxygen atoms in total. The number of rotatable bonds is 13. The molecule has 0 unspecified atom stereocenters. The van der Waals surface area contributed by atoms with Crippen LogP contribution in [-0.4, -0.2) is 74.0 Å². The SMILES string of the molecule is Cc1cnnc(C(=O)NCCCC[C@H](NC(=O)N[C@@H](CCC(=O)O)C(=O)O)C(=O)O)c1. The number of urea groups is 1. The first-order valence-corrected chi connectivity index (χ1v) is 9.42. The molecule has 0 bridgehead atoms. The molecular weight excluding hydrogens is 414 g/mol. The number of aryl methyl sites for hydroxylation is 1. The normalized spacial score (nSPS) is 12.3. The Hall–Kier alpha value is -3.77. The van der Waals surface area contributed by atoms with E-state index >= 15 is 0 Å². The monoisotopic (exact) mass is 439 g/mol.